The number of halogens is 1. The van der Waals surface area contributed by atoms with Crippen LogP contribution < -0.4 is 11.1 Å². The number of primary amides is 1. The monoisotopic (exact) mass is 362 g/mol. The molecular formula is C21H31FN2O2. The van der Waals surface area contributed by atoms with Crippen LogP contribution in [-0.2, 0) is 16.0 Å². The van der Waals surface area contributed by atoms with Gasteiger partial charge in [0.15, 0.2) is 0 Å². The van der Waals surface area contributed by atoms with Crippen LogP contribution in [0.1, 0.15) is 63.9 Å². The van der Waals surface area contributed by atoms with Crippen LogP contribution in [0.5, 0.6) is 0 Å². The molecule has 0 bridgehead atoms. The number of allylic oxidation sites excluding steroid dienone is 1. The molecule has 4 nitrogen and oxygen atoms in total. The van der Waals surface area contributed by atoms with Crippen LogP contribution in [0, 0.1) is 0 Å². The Morgan fingerprint density at radius 2 is 1.85 bits per heavy atom. The van der Waals surface area contributed by atoms with Crippen molar-refractivity contribution in [3.8, 4) is 0 Å². The summed E-state index contributed by atoms with van der Waals surface area (Å²) in [6.07, 6.45) is 7.90. The number of nitrogens with two attached hydrogens (primary N) is 1. The summed E-state index contributed by atoms with van der Waals surface area (Å²) in [5, 5.41) is 2.60. The van der Waals surface area contributed by atoms with Gasteiger partial charge in [-0.25, -0.2) is 4.39 Å². The first kappa shape index (κ1) is 21.9. The number of hydrogen-bond donors (Lipinski definition) is 2. The van der Waals surface area contributed by atoms with E-state index >= 15 is 0 Å². The van der Waals surface area contributed by atoms with E-state index in [4.69, 9.17) is 5.73 Å². The second kappa shape index (κ2) is 13.1. The third-order valence-electron chi connectivity index (χ3n) is 4.20. The second-order valence-electron chi connectivity index (χ2n) is 6.57. The molecule has 144 valence electrons. The summed E-state index contributed by atoms with van der Waals surface area (Å²) in [6, 6.07) is 8.80. The fourth-order valence-electron chi connectivity index (χ4n) is 2.74. The van der Waals surface area contributed by atoms with Crippen LogP contribution in [0.25, 0.3) is 0 Å². The number of amides is 2. The van der Waals surface area contributed by atoms with E-state index < -0.39 is 17.8 Å². The van der Waals surface area contributed by atoms with Crippen LogP contribution in [0.2, 0.25) is 0 Å². The van der Waals surface area contributed by atoms with E-state index in [2.05, 4.69) is 12.2 Å². The number of benzene rings is 1. The van der Waals surface area contributed by atoms with Gasteiger partial charge >= 0.3 is 0 Å². The molecule has 0 saturated heterocycles. The molecule has 0 aliphatic rings. The molecule has 0 aliphatic heterocycles. The van der Waals surface area contributed by atoms with Gasteiger partial charge in [0.25, 0.3) is 0 Å². The van der Waals surface area contributed by atoms with Crippen molar-refractivity contribution in [1.29, 1.82) is 0 Å². The van der Waals surface area contributed by atoms with Crippen LogP contribution in [0.3, 0.4) is 0 Å². The molecule has 0 radical (unpaired) electrons. The summed E-state index contributed by atoms with van der Waals surface area (Å²) in [4.78, 5) is 23.2. The Kier molecular flexibility index (Phi) is 11.0. The highest BCUT2D eigenvalue weighted by atomic mass is 19.1. The molecule has 1 atom stereocenters. The van der Waals surface area contributed by atoms with Crippen molar-refractivity contribution in [1.82, 2.24) is 5.32 Å². The zero-order valence-corrected chi connectivity index (χ0v) is 15.7. The first-order chi connectivity index (χ1) is 12.5. The Labute approximate surface area is 156 Å². The van der Waals surface area contributed by atoms with E-state index in [1.807, 2.05) is 30.3 Å². The lowest BCUT2D eigenvalue weighted by Crippen LogP contribution is -2.38. The second-order valence-corrected chi connectivity index (χ2v) is 6.57. The molecule has 2 amide bonds. The molecule has 1 aromatic rings. The molecule has 0 saturated carbocycles. The number of nitrogens with one attached hydrogen (secondary N) is 1. The van der Waals surface area contributed by atoms with Crippen molar-refractivity contribution in [2.75, 3.05) is 0 Å². The van der Waals surface area contributed by atoms with Crippen molar-refractivity contribution in [3.63, 3.8) is 0 Å². The Balaban J connectivity index is 2.48. The highest BCUT2D eigenvalue weighted by Gasteiger charge is 2.19. The first-order valence-electron chi connectivity index (χ1n) is 9.50. The van der Waals surface area contributed by atoms with Crippen LogP contribution >= 0.6 is 0 Å². The van der Waals surface area contributed by atoms with Crippen LogP contribution in [-0.4, -0.2) is 17.9 Å². The molecule has 26 heavy (non-hydrogen) atoms. The lowest BCUT2D eigenvalue weighted by atomic mass is 10.1. The van der Waals surface area contributed by atoms with Gasteiger partial charge in [0.2, 0.25) is 11.8 Å². The number of carbonyl (C=O) groups is 2. The summed E-state index contributed by atoms with van der Waals surface area (Å²) in [7, 11) is 0. The summed E-state index contributed by atoms with van der Waals surface area (Å²) in [6.45, 7) is 2.13. The van der Waals surface area contributed by atoms with Gasteiger partial charge in [-0.3, -0.25) is 9.59 Å². The number of aryl methyl sites for hydroxylation is 1. The minimum absolute atomic E-state index is 0.227. The Hall–Kier alpha value is -2.17. The van der Waals surface area contributed by atoms with Crippen LogP contribution in [0.15, 0.2) is 42.2 Å². The number of hydrogen-bond acceptors (Lipinski definition) is 2. The van der Waals surface area contributed by atoms with Gasteiger partial charge in [0.05, 0.1) is 12.5 Å². The highest BCUT2D eigenvalue weighted by molar-refractivity contribution is 5.79. The quantitative estimate of drug-likeness (QED) is 0.516. The lowest BCUT2D eigenvalue weighted by Gasteiger charge is -2.16. The predicted octanol–water partition coefficient (Wildman–Crippen LogP) is 4.19. The summed E-state index contributed by atoms with van der Waals surface area (Å²) in [5.74, 6) is -1.37. The Morgan fingerprint density at radius 1 is 1.15 bits per heavy atom. The zero-order chi connectivity index (χ0) is 19.2. The molecule has 5 heteroatoms. The fourth-order valence-corrected chi connectivity index (χ4v) is 2.74. The van der Waals surface area contributed by atoms with Gasteiger partial charge < -0.3 is 11.1 Å². The van der Waals surface area contributed by atoms with Crippen molar-refractivity contribution in [2.45, 2.75) is 70.8 Å². The minimum Gasteiger partial charge on any atom is -0.370 e. The zero-order valence-electron chi connectivity index (χ0n) is 15.7. The Bertz CT molecular complexity index is 573. The average molecular weight is 362 g/mol. The number of carbonyl (C=O) groups excluding carboxylic acids is 2. The van der Waals surface area contributed by atoms with E-state index in [0.29, 0.717) is 19.3 Å². The lowest BCUT2D eigenvalue weighted by molar-refractivity contribution is -0.122. The predicted molar refractivity (Wildman–Crippen MR) is 103 cm³/mol. The van der Waals surface area contributed by atoms with E-state index in [1.165, 1.54) is 6.08 Å². The largest absolute Gasteiger partial charge is 0.370 e. The van der Waals surface area contributed by atoms with Crippen molar-refractivity contribution in [2.24, 2.45) is 5.73 Å². The summed E-state index contributed by atoms with van der Waals surface area (Å²) < 4.78 is 14.4. The maximum atomic E-state index is 14.4. The van der Waals surface area contributed by atoms with Crippen molar-refractivity contribution >= 4 is 11.8 Å². The van der Waals surface area contributed by atoms with Crippen molar-refractivity contribution in [3.05, 3.63) is 47.8 Å². The van der Waals surface area contributed by atoms with E-state index in [-0.39, 0.29) is 12.3 Å². The SMILES string of the molecule is CCCCCCCC(=O)N[C@H](CC(N)=O)/C(F)=C/CCc1ccccc1. The molecule has 0 heterocycles. The normalized spacial score (nSPS) is 12.6. The van der Waals surface area contributed by atoms with E-state index in [9.17, 15) is 14.0 Å². The van der Waals surface area contributed by atoms with Gasteiger partial charge in [-0.2, -0.15) is 0 Å². The third-order valence-corrected chi connectivity index (χ3v) is 4.20. The first-order valence-corrected chi connectivity index (χ1v) is 9.50. The number of rotatable bonds is 13. The minimum atomic E-state index is -0.966. The fraction of sp³-hybridized carbons (Fsp3) is 0.524. The molecule has 0 aromatic heterocycles. The summed E-state index contributed by atoms with van der Waals surface area (Å²) >= 11 is 0. The third kappa shape index (κ3) is 9.97. The van der Waals surface area contributed by atoms with Gasteiger partial charge in [0, 0.05) is 6.42 Å². The highest BCUT2D eigenvalue weighted by Crippen LogP contribution is 2.13. The van der Waals surface area contributed by atoms with Crippen molar-refractivity contribution < 1.29 is 14.0 Å². The average Bonchev–Trinajstić information content (AvgIpc) is 2.61. The summed E-state index contributed by atoms with van der Waals surface area (Å²) in [5.41, 5.74) is 6.31. The van der Waals surface area contributed by atoms with E-state index in [0.717, 1.165) is 37.7 Å². The smallest absolute Gasteiger partial charge is 0.220 e. The maximum Gasteiger partial charge on any atom is 0.220 e. The molecule has 1 aromatic carbocycles. The molecular weight excluding hydrogens is 331 g/mol. The van der Waals surface area contributed by atoms with Gasteiger partial charge in [-0.05, 0) is 24.8 Å². The van der Waals surface area contributed by atoms with Gasteiger partial charge in [-0.1, -0.05) is 69.0 Å². The topological polar surface area (TPSA) is 72.2 Å². The number of unbranched alkanes of at least 4 members (excludes halogenated alkanes) is 4. The van der Waals surface area contributed by atoms with Gasteiger partial charge in [-0.15, -0.1) is 0 Å². The molecule has 1 rings (SSSR count). The molecule has 0 unspecified atom stereocenters. The molecule has 3 N–H and O–H groups in total. The standard InChI is InChI=1S/C21H31FN2O2/c1-2-3-4-5-9-15-21(26)24-19(16-20(23)25)18(22)14-10-13-17-11-7-6-8-12-17/h6-8,11-12,14,19H,2-5,9-10,13,15-16H2,1H3,(H2,23,25)(H,24,26)/b18-14-/t19-/m1/s1. The molecule has 0 spiro atoms. The molecule has 0 fully saturated rings. The molecule has 0 aliphatic carbocycles. The van der Waals surface area contributed by atoms with Crippen LogP contribution in [0.4, 0.5) is 4.39 Å². The van der Waals surface area contributed by atoms with Gasteiger partial charge in [0.1, 0.15) is 5.83 Å². The van der Waals surface area contributed by atoms with E-state index in [1.54, 1.807) is 0 Å². The maximum absolute atomic E-state index is 14.4. The Morgan fingerprint density at radius 3 is 2.50 bits per heavy atom.